The van der Waals surface area contributed by atoms with Crippen molar-refractivity contribution in [1.82, 2.24) is 0 Å². The van der Waals surface area contributed by atoms with Crippen LogP contribution in [-0.4, -0.2) is 12.6 Å². The summed E-state index contributed by atoms with van der Waals surface area (Å²) >= 11 is 1.66. The third-order valence-corrected chi connectivity index (χ3v) is 4.94. The lowest BCUT2D eigenvalue weighted by atomic mass is 10.0. The highest BCUT2D eigenvalue weighted by Crippen LogP contribution is 2.39. The van der Waals surface area contributed by atoms with E-state index in [-0.39, 0.29) is 5.97 Å². The number of allylic oxidation sites excluding steroid dienone is 5. The number of hydrogen-bond donors (Lipinski definition) is 0. The smallest absolute Gasteiger partial charge is 0.330 e. The van der Waals surface area contributed by atoms with Gasteiger partial charge in [0, 0.05) is 17.0 Å². The van der Waals surface area contributed by atoms with Crippen LogP contribution in [-0.2, 0) is 9.53 Å². The summed E-state index contributed by atoms with van der Waals surface area (Å²) in [6.07, 6.45) is 7.37. The van der Waals surface area contributed by atoms with Gasteiger partial charge in [0.2, 0.25) is 0 Å². The molecule has 4 heteroatoms. The van der Waals surface area contributed by atoms with Gasteiger partial charge < -0.3 is 9.15 Å². The molecule has 0 aliphatic carbocycles. The lowest BCUT2D eigenvalue weighted by Crippen LogP contribution is -1.99. The molecule has 0 N–H and O–H groups in total. The summed E-state index contributed by atoms with van der Waals surface area (Å²) in [7, 11) is 0. The highest BCUT2D eigenvalue weighted by Gasteiger charge is 2.17. The number of hydrogen-bond acceptors (Lipinski definition) is 4. The molecule has 0 bridgehead atoms. The molecule has 0 saturated carbocycles. The zero-order chi connectivity index (χ0) is 19.2. The first-order chi connectivity index (χ1) is 13.1. The maximum Gasteiger partial charge on any atom is 0.330 e. The fraction of sp³-hybridized carbons (Fsp3) is 0.174. The number of thiophene rings is 1. The highest BCUT2D eigenvalue weighted by molar-refractivity contribution is 7.13. The third kappa shape index (κ3) is 4.47. The molecule has 0 atom stereocenters. The lowest BCUT2D eigenvalue weighted by molar-refractivity contribution is -0.137. The summed E-state index contributed by atoms with van der Waals surface area (Å²) in [5.74, 6) is 0.577. The van der Waals surface area contributed by atoms with E-state index in [1.165, 1.54) is 6.08 Å². The van der Waals surface area contributed by atoms with Gasteiger partial charge in [-0.05, 0) is 49.4 Å². The Bertz CT molecular complexity index is 1020. The van der Waals surface area contributed by atoms with Crippen molar-refractivity contribution in [3.8, 4) is 10.6 Å². The van der Waals surface area contributed by atoms with E-state index < -0.39 is 0 Å². The first-order valence-electron chi connectivity index (χ1n) is 8.86. The second-order valence-electron chi connectivity index (χ2n) is 6.13. The summed E-state index contributed by atoms with van der Waals surface area (Å²) in [5.41, 5.74) is 3.92. The van der Waals surface area contributed by atoms with Crippen LogP contribution in [0.3, 0.4) is 0 Å². The Labute approximate surface area is 163 Å². The van der Waals surface area contributed by atoms with Gasteiger partial charge in [0.05, 0.1) is 11.5 Å². The zero-order valence-electron chi connectivity index (χ0n) is 15.7. The largest absolute Gasteiger partial charge is 0.463 e. The average molecular weight is 378 g/mol. The van der Waals surface area contributed by atoms with Crippen molar-refractivity contribution in [3.63, 3.8) is 0 Å². The molecular weight excluding hydrogens is 356 g/mol. The maximum absolute atomic E-state index is 11.5. The maximum atomic E-state index is 11.5. The summed E-state index contributed by atoms with van der Waals surface area (Å²) < 4.78 is 11.1. The van der Waals surface area contributed by atoms with Crippen LogP contribution in [0.15, 0.2) is 76.1 Å². The number of ether oxygens (including phenoxy) is 1. The van der Waals surface area contributed by atoms with Crippen molar-refractivity contribution in [2.45, 2.75) is 20.8 Å². The summed E-state index contributed by atoms with van der Waals surface area (Å²) in [6.45, 7) is 6.12. The van der Waals surface area contributed by atoms with Crippen LogP contribution in [0.1, 0.15) is 26.3 Å². The minimum Gasteiger partial charge on any atom is -0.463 e. The highest BCUT2D eigenvalue weighted by atomic mass is 32.1. The Hall–Kier alpha value is -2.85. The van der Waals surface area contributed by atoms with E-state index in [0.29, 0.717) is 6.61 Å². The van der Waals surface area contributed by atoms with Crippen LogP contribution >= 0.6 is 11.3 Å². The molecule has 0 radical (unpaired) electrons. The number of rotatable bonds is 6. The Balaban J connectivity index is 1.94. The van der Waals surface area contributed by atoms with E-state index in [9.17, 15) is 4.79 Å². The molecule has 2 heterocycles. The van der Waals surface area contributed by atoms with E-state index in [0.717, 1.165) is 38.3 Å². The quantitative estimate of drug-likeness (QED) is 0.274. The third-order valence-electron chi connectivity index (χ3n) is 4.07. The SMILES string of the molecule is CCOC(=O)/C=C(C)/C=C/C=C(\C)c1c(-c2cccs2)oc2ccccc12. The molecule has 3 aromatic rings. The lowest BCUT2D eigenvalue weighted by Gasteiger charge is -2.01. The van der Waals surface area contributed by atoms with Gasteiger partial charge in [-0.2, -0.15) is 0 Å². The molecule has 0 aliphatic rings. The van der Waals surface area contributed by atoms with Gasteiger partial charge >= 0.3 is 5.97 Å². The van der Waals surface area contributed by atoms with Gasteiger partial charge in [-0.25, -0.2) is 4.79 Å². The van der Waals surface area contributed by atoms with Gasteiger partial charge in [0.1, 0.15) is 5.58 Å². The molecule has 1 aromatic carbocycles. The Morgan fingerprint density at radius 3 is 2.74 bits per heavy atom. The van der Waals surface area contributed by atoms with Crippen LogP contribution in [0.5, 0.6) is 0 Å². The zero-order valence-corrected chi connectivity index (χ0v) is 16.5. The predicted octanol–water partition coefficient (Wildman–Crippen LogP) is 6.63. The molecule has 138 valence electrons. The normalized spacial score (nSPS) is 12.9. The molecule has 3 rings (SSSR count). The van der Waals surface area contributed by atoms with Gasteiger partial charge in [-0.15, -0.1) is 11.3 Å². The van der Waals surface area contributed by atoms with Crippen molar-refractivity contribution in [3.05, 3.63) is 77.2 Å². The van der Waals surface area contributed by atoms with E-state index in [1.54, 1.807) is 18.3 Å². The molecule has 3 nitrogen and oxygen atoms in total. The van der Waals surface area contributed by atoms with E-state index >= 15 is 0 Å². The summed E-state index contributed by atoms with van der Waals surface area (Å²) in [4.78, 5) is 12.6. The molecular formula is C23H22O3S. The molecule has 0 spiro atoms. The van der Waals surface area contributed by atoms with E-state index in [1.807, 2.05) is 49.4 Å². The minimum atomic E-state index is -0.318. The number of esters is 1. The van der Waals surface area contributed by atoms with Crippen molar-refractivity contribution in [2.75, 3.05) is 6.61 Å². The number of carbonyl (C=O) groups excluding carboxylic acids is 1. The van der Waals surface area contributed by atoms with Crippen molar-refractivity contribution in [1.29, 1.82) is 0 Å². The number of carbonyl (C=O) groups is 1. The molecule has 27 heavy (non-hydrogen) atoms. The van der Waals surface area contributed by atoms with Crippen LogP contribution in [0.2, 0.25) is 0 Å². The van der Waals surface area contributed by atoms with Crippen LogP contribution in [0, 0.1) is 0 Å². The second-order valence-corrected chi connectivity index (χ2v) is 7.08. The van der Waals surface area contributed by atoms with Gasteiger partial charge in [-0.1, -0.05) is 42.5 Å². The minimum absolute atomic E-state index is 0.318. The monoisotopic (exact) mass is 378 g/mol. The molecule has 0 aliphatic heterocycles. The topological polar surface area (TPSA) is 39.4 Å². The van der Waals surface area contributed by atoms with Crippen molar-refractivity contribution in [2.24, 2.45) is 0 Å². The van der Waals surface area contributed by atoms with Crippen molar-refractivity contribution < 1.29 is 13.9 Å². The first kappa shape index (κ1) is 18.9. The molecule has 0 unspecified atom stereocenters. The Morgan fingerprint density at radius 1 is 1.19 bits per heavy atom. The summed E-state index contributed by atoms with van der Waals surface area (Å²) in [6, 6.07) is 12.2. The molecule has 0 amide bonds. The summed E-state index contributed by atoms with van der Waals surface area (Å²) in [5, 5.41) is 3.15. The van der Waals surface area contributed by atoms with Gasteiger partial charge in [0.15, 0.2) is 5.76 Å². The number of benzene rings is 1. The number of furan rings is 1. The van der Waals surface area contributed by atoms with Gasteiger partial charge in [0.25, 0.3) is 0 Å². The number of para-hydroxylation sites is 1. The van der Waals surface area contributed by atoms with Crippen LogP contribution in [0.4, 0.5) is 0 Å². The second kappa shape index (κ2) is 8.69. The molecule has 0 saturated heterocycles. The molecule has 0 fully saturated rings. The Morgan fingerprint density at radius 2 is 2.00 bits per heavy atom. The molecule has 2 aromatic heterocycles. The fourth-order valence-electron chi connectivity index (χ4n) is 2.86. The van der Waals surface area contributed by atoms with Gasteiger partial charge in [-0.3, -0.25) is 0 Å². The first-order valence-corrected chi connectivity index (χ1v) is 9.74. The fourth-order valence-corrected chi connectivity index (χ4v) is 3.58. The van der Waals surface area contributed by atoms with Crippen LogP contribution < -0.4 is 0 Å². The predicted molar refractivity (Wildman–Crippen MR) is 113 cm³/mol. The standard InChI is InChI=1S/C23H22O3S/c1-4-25-21(24)15-16(2)9-7-10-17(3)22-18-11-5-6-12-19(18)26-23(22)20-13-8-14-27-20/h5-15H,4H2,1-3H3/b9-7+,16-15+,17-10+. The van der Waals surface area contributed by atoms with E-state index in [4.69, 9.17) is 9.15 Å². The number of fused-ring (bicyclic) bond motifs is 1. The Kier molecular flexibility index (Phi) is 6.09. The average Bonchev–Trinajstić information content (AvgIpc) is 3.29. The van der Waals surface area contributed by atoms with Crippen LogP contribution in [0.25, 0.3) is 27.2 Å². The van der Waals surface area contributed by atoms with Crippen molar-refractivity contribution >= 4 is 33.8 Å². The van der Waals surface area contributed by atoms with E-state index in [2.05, 4.69) is 24.4 Å².